The van der Waals surface area contributed by atoms with E-state index in [9.17, 15) is 9.65 Å². The molecule has 1 atom stereocenters. The lowest BCUT2D eigenvalue weighted by molar-refractivity contribution is 0.223. The van der Waals surface area contributed by atoms with Crippen LogP contribution in [0.25, 0.3) is 0 Å². The van der Waals surface area contributed by atoms with Gasteiger partial charge in [0.1, 0.15) is 24.7 Å². The summed E-state index contributed by atoms with van der Waals surface area (Å²) in [6.45, 7) is 3.72. The first kappa shape index (κ1) is 18.6. The molecule has 0 amide bonds. The van der Waals surface area contributed by atoms with Gasteiger partial charge in [0.05, 0.1) is 11.5 Å². The van der Waals surface area contributed by atoms with Crippen LogP contribution in [-0.4, -0.2) is 19.2 Å². The van der Waals surface area contributed by atoms with E-state index < -0.39 is 16.8 Å². The van der Waals surface area contributed by atoms with Crippen molar-refractivity contribution in [3.8, 4) is 23.3 Å². The third-order valence-electron chi connectivity index (χ3n) is 4.69. The van der Waals surface area contributed by atoms with E-state index in [4.69, 9.17) is 19.9 Å². The summed E-state index contributed by atoms with van der Waals surface area (Å²) in [6.07, 6.45) is 0. The van der Waals surface area contributed by atoms with Gasteiger partial charge in [-0.05, 0) is 38.1 Å². The smallest absolute Gasteiger partial charge is 0.283 e. The number of fused-ring (bicyclic) bond motifs is 4. The Morgan fingerprint density at radius 2 is 2.14 bits per heavy atom. The van der Waals surface area contributed by atoms with Gasteiger partial charge in [0.25, 0.3) is 6.02 Å². The van der Waals surface area contributed by atoms with Gasteiger partial charge in [-0.3, -0.25) is 0 Å². The molecule has 0 radical (unpaired) electrons. The van der Waals surface area contributed by atoms with Crippen molar-refractivity contribution in [3.63, 3.8) is 0 Å². The topological polar surface area (TPSA) is 89.9 Å². The molecule has 0 fully saturated rings. The zero-order chi connectivity index (χ0) is 20.1. The van der Waals surface area contributed by atoms with Gasteiger partial charge in [-0.1, -0.05) is 15.9 Å². The predicted octanol–water partition coefficient (Wildman–Crippen LogP) is 4.21. The van der Waals surface area contributed by atoms with Crippen LogP contribution in [-0.2, 0) is 10.3 Å². The lowest BCUT2D eigenvalue weighted by atomic mass is 9.81. The Hall–Kier alpha value is -2.79. The fraction of sp³-hybridized carbons (Fsp3) is 0.300. The average molecular weight is 446 g/mol. The number of hydrogen-bond donors (Lipinski definition) is 1. The molecule has 0 bridgehead atoms. The summed E-state index contributed by atoms with van der Waals surface area (Å²) in [5.41, 5.74) is 5.24. The first-order chi connectivity index (χ1) is 13.2. The minimum absolute atomic E-state index is 0.0242. The highest BCUT2D eigenvalue weighted by Gasteiger charge is 2.48. The molecule has 2 aliphatic heterocycles. The van der Waals surface area contributed by atoms with Crippen molar-refractivity contribution in [1.29, 1.82) is 5.26 Å². The second-order valence-corrected chi connectivity index (χ2v) is 8.32. The zero-order valence-electron chi connectivity index (χ0n) is 15.3. The molecule has 2 N–H and O–H groups in total. The van der Waals surface area contributed by atoms with Crippen LogP contribution in [0.4, 0.5) is 4.39 Å². The average Bonchev–Trinajstić information content (AvgIpc) is 3.04. The Labute approximate surface area is 169 Å². The normalized spacial score (nSPS) is 19.8. The minimum atomic E-state index is -1.04. The molecule has 2 aromatic rings. The van der Waals surface area contributed by atoms with Crippen LogP contribution in [0.5, 0.6) is 17.2 Å². The van der Waals surface area contributed by atoms with Crippen LogP contribution in [0.3, 0.4) is 0 Å². The van der Waals surface area contributed by atoms with Gasteiger partial charge >= 0.3 is 0 Å². The number of nitriles is 1. The Balaban J connectivity index is 1.85. The number of rotatable bonds is 3. The molecule has 28 heavy (non-hydrogen) atoms. The monoisotopic (exact) mass is 445 g/mol. The maximum absolute atomic E-state index is 14.9. The Bertz CT molecular complexity index is 1050. The SMILES string of the molecule is CC(C)(C#N)COc1cc(F)c2c(c1)[C@]1(COC(N)=N1)c1cc(Br)ccc1O2. The maximum atomic E-state index is 14.9. The summed E-state index contributed by atoms with van der Waals surface area (Å²) in [5, 5.41) is 9.17. The van der Waals surface area contributed by atoms with Gasteiger partial charge in [-0.15, -0.1) is 0 Å². The van der Waals surface area contributed by atoms with E-state index >= 15 is 0 Å². The molecule has 4 rings (SSSR count). The molecule has 0 aliphatic carbocycles. The van der Waals surface area contributed by atoms with E-state index in [1.165, 1.54) is 6.07 Å². The molecule has 0 aromatic heterocycles. The van der Waals surface area contributed by atoms with Gasteiger partial charge in [0.15, 0.2) is 17.1 Å². The zero-order valence-corrected chi connectivity index (χ0v) is 16.8. The van der Waals surface area contributed by atoms with Crippen molar-refractivity contribution in [2.45, 2.75) is 19.4 Å². The number of amidine groups is 1. The fourth-order valence-corrected chi connectivity index (χ4v) is 3.60. The molecular weight excluding hydrogens is 429 g/mol. The Morgan fingerprint density at radius 3 is 2.82 bits per heavy atom. The van der Waals surface area contributed by atoms with E-state index in [2.05, 4.69) is 27.0 Å². The van der Waals surface area contributed by atoms with Crippen LogP contribution in [0.1, 0.15) is 25.0 Å². The van der Waals surface area contributed by atoms with Gasteiger partial charge in [-0.25, -0.2) is 9.38 Å². The van der Waals surface area contributed by atoms with Crippen molar-refractivity contribution in [1.82, 2.24) is 0 Å². The summed E-state index contributed by atoms with van der Waals surface area (Å²) in [6, 6.07) is 10.5. The number of aliphatic imine (C=N–C) groups is 1. The van der Waals surface area contributed by atoms with Crippen LogP contribution < -0.4 is 15.2 Å². The minimum Gasteiger partial charge on any atom is -0.492 e. The third kappa shape index (κ3) is 2.96. The third-order valence-corrected chi connectivity index (χ3v) is 5.19. The van der Waals surface area contributed by atoms with Crippen molar-refractivity contribution in [3.05, 3.63) is 51.7 Å². The summed E-state index contributed by atoms with van der Waals surface area (Å²) in [7, 11) is 0. The highest BCUT2D eigenvalue weighted by atomic mass is 79.9. The van der Waals surface area contributed by atoms with Crippen molar-refractivity contribution in [2.75, 3.05) is 13.2 Å². The first-order valence-corrected chi connectivity index (χ1v) is 9.37. The summed E-state index contributed by atoms with van der Waals surface area (Å²) >= 11 is 3.45. The molecule has 2 aromatic carbocycles. The molecule has 1 spiro atoms. The highest BCUT2D eigenvalue weighted by Crippen LogP contribution is 2.53. The van der Waals surface area contributed by atoms with E-state index in [0.717, 1.165) is 4.47 Å². The predicted molar refractivity (Wildman–Crippen MR) is 104 cm³/mol. The largest absolute Gasteiger partial charge is 0.492 e. The summed E-state index contributed by atoms with van der Waals surface area (Å²) in [4.78, 5) is 4.51. The van der Waals surface area contributed by atoms with Crippen LogP contribution in [0.2, 0.25) is 0 Å². The molecular formula is C20H17BrFN3O3. The summed E-state index contributed by atoms with van der Waals surface area (Å²) in [5.74, 6) is 0.234. The number of nitrogens with zero attached hydrogens (tertiary/aromatic N) is 2. The first-order valence-electron chi connectivity index (χ1n) is 8.58. The number of benzene rings is 2. The van der Waals surface area contributed by atoms with Crippen molar-refractivity contribution in [2.24, 2.45) is 16.1 Å². The molecule has 0 saturated heterocycles. The summed E-state index contributed by atoms with van der Waals surface area (Å²) < 4.78 is 32.8. The Kier molecular flexibility index (Phi) is 4.23. The van der Waals surface area contributed by atoms with E-state index in [-0.39, 0.29) is 30.7 Å². The second-order valence-electron chi connectivity index (χ2n) is 7.41. The van der Waals surface area contributed by atoms with Crippen molar-refractivity contribution < 1.29 is 18.6 Å². The molecule has 144 valence electrons. The van der Waals surface area contributed by atoms with Gasteiger partial charge < -0.3 is 19.9 Å². The highest BCUT2D eigenvalue weighted by molar-refractivity contribution is 9.10. The van der Waals surface area contributed by atoms with Gasteiger partial charge in [-0.2, -0.15) is 5.26 Å². The van der Waals surface area contributed by atoms with E-state index in [1.54, 1.807) is 32.0 Å². The fourth-order valence-electron chi connectivity index (χ4n) is 3.24. The number of nitrogens with two attached hydrogens (primary N) is 1. The standard InChI is InChI=1S/C20H17BrFN3O3/c1-19(2,8-23)9-26-12-6-14-17(15(22)7-12)28-16-4-3-11(21)5-13(16)20(14)10-27-18(24)25-20/h3-7H,9-10H2,1-2H3,(H2,24,25)/t20-/m0/s1. The second kappa shape index (κ2) is 6.38. The molecule has 8 heteroatoms. The quantitative estimate of drug-likeness (QED) is 0.763. The maximum Gasteiger partial charge on any atom is 0.283 e. The van der Waals surface area contributed by atoms with E-state index in [0.29, 0.717) is 16.9 Å². The molecule has 6 nitrogen and oxygen atoms in total. The molecule has 0 unspecified atom stereocenters. The number of halogens is 2. The Morgan fingerprint density at radius 1 is 1.36 bits per heavy atom. The lowest BCUT2D eigenvalue weighted by Crippen LogP contribution is -2.31. The van der Waals surface area contributed by atoms with Crippen LogP contribution in [0, 0.1) is 22.6 Å². The molecule has 2 heterocycles. The van der Waals surface area contributed by atoms with E-state index in [1.807, 2.05) is 6.07 Å². The van der Waals surface area contributed by atoms with Crippen LogP contribution >= 0.6 is 15.9 Å². The van der Waals surface area contributed by atoms with Gasteiger partial charge in [0.2, 0.25) is 0 Å². The van der Waals surface area contributed by atoms with Gasteiger partial charge in [0, 0.05) is 21.7 Å². The molecule has 2 aliphatic rings. The number of ether oxygens (including phenoxy) is 3. The molecule has 0 saturated carbocycles. The lowest BCUT2D eigenvalue weighted by Gasteiger charge is -2.34. The van der Waals surface area contributed by atoms with Crippen molar-refractivity contribution >= 4 is 22.0 Å². The number of hydrogen-bond acceptors (Lipinski definition) is 6. The van der Waals surface area contributed by atoms with Crippen LogP contribution in [0.15, 0.2) is 39.8 Å².